The van der Waals surface area contributed by atoms with Gasteiger partial charge in [0.05, 0.1) is 0 Å². The Bertz CT molecular complexity index is 2550. The Morgan fingerprint density at radius 2 is 0.938 bits per heavy atom. The van der Waals surface area contributed by atoms with Gasteiger partial charge in [-0.1, -0.05) is 121 Å². The van der Waals surface area contributed by atoms with Crippen LogP contribution in [0, 0.1) is 0 Å². The third-order valence-corrected chi connectivity index (χ3v) is 9.08. The summed E-state index contributed by atoms with van der Waals surface area (Å²) in [7, 11) is 0. The summed E-state index contributed by atoms with van der Waals surface area (Å²) in [6.45, 7) is 0. The fraction of sp³-hybridized carbons (Fsp3) is 0. The molecule has 0 spiro atoms. The summed E-state index contributed by atoms with van der Waals surface area (Å²) in [5.41, 5.74) is 10.4. The molecule has 0 saturated carbocycles. The molecule has 0 saturated heterocycles. The normalized spacial score (nSPS) is 11.3. The molecule has 9 rings (SSSR count). The SMILES string of the molecule is c1ccc(-c2nc3c(-c4ccc(N(c5ccc(-c6ccc7ccccc7c6)cc5)c5ccc6ccccc6c5)cc4)cccc3o2)cc1. The molecule has 0 atom stereocenters. The molecule has 3 nitrogen and oxygen atoms in total. The second-order valence-electron chi connectivity index (χ2n) is 12.1. The van der Waals surface area contributed by atoms with Gasteiger partial charge in [0.2, 0.25) is 5.89 Å². The van der Waals surface area contributed by atoms with Gasteiger partial charge in [-0.05, 0) is 98.9 Å². The predicted molar refractivity (Wildman–Crippen MR) is 200 cm³/mol. The monoisotopic (exact) mass is 614 g/mol. The van der Waals surface area contributed by atoms with E-state index < -0.39 is 0 Å². The van der Waals surface area contributed by atoms with Crippen molar-refractivity contribution in [2.24, 2.45) is 0 Å². The van der Waals surface area contributed by atoms with E-state index in [1.165, 1.54) is 32.7 Å². The van der Waals surface area contributed by atoms with Crippen LogP contribution >= 0.6 is 0 Å². The maximum atomic E-state index is 6.17. The van der Waals surface area contributed by atoms with Gasteiger partial charge in [-0.15, -0.1) is 0 Å². The number of nitrogens with zero attached hydrogens (tertiary/aromatic N) is 2. The minimum atomic E-state index is 0.629. The highest BCUT2D eigenvalue weighted by Crippen LogP contribution is 2.39. The van der Waals surface area contributed by atoms with Crippen LogP contribution in [-0.4, -0.2) is 4.98 Å². The van der Waals surface area contributed by atoms with E-state index in [4.69, 9.17) is 9.40 Å². The standard InChI is InChI=1S/C45H30N2O/c1-2-11-35(12-3-1)45-46-44-42(15-8-16-43(44)48-45)34-22-26-40(27-23-34)47(41-28-21-32-10-5-7-14-37(32)30-41)39-24-19-33(20-25-39)38-18-17-31-9-4-6-13-36(31)29-38/h1-30H. The summed E-state index contributed by atoms with van der Waals surface area (Å²) < 4.78 is 6.17. The Balaban J connectivity index is 1.11. The van der Waals surface area contributed by atoms with Gasteiger partial charge in [0.1, 0.15) is 5.52 Å². The summed E-state index contributed by atoms with van der Waals surface area (Å²) in [6, 6.07) is 64.1. The minimum absolute atomic E-state index is 0.629. The second-order valence-corrected chi connectivity index (χ2v) is 12.1. The first kappa shape index (κ1) is 27.8. The predicted octanol–water partition coefficient (Wildman–Crippen LogP) is 12.6. The lowest BCUT2D eigenvalue weighted by Crippen LogP contribution is -2.09. The van der Waals surface area contributed by atoms with Crippen molar-refractivity contribution in [2.45, 2.75) is 0 Å². The number of oxazole rings is 1. The van der Waals surface area contributed by atoms with Gasteiger partial charge in [0, 0.05) is 28.2 Å². The highest BCUT2D eigenvalue weighted by molar-refractivity contribution is 5.94. The summed E-state index contributed by atoms with van der Waals surface area (Å²) in [6.07, 6.45) is 0. The van der Waals surface area contributed by atoms with Gasteiger partial charge in [0.15, 0.2) is 5.58 Å². The van der Waals surface area contributed by atoms with Crippen molar-refractivity contribution in [3.05, 3.63) is 182 Å². The van der Waals surface area contributed by atoms with Crippen molar-refractivity contribution in [3.8, 4) is 33.7 Å². The molecule has 0 amide bonds. The molecule has 1 aromatic heterocycles. The molecule has 0 aliphatic carbocycles. The summed E-state index contributed by atoms with van der Waals surface area (Å²) in [4.78, 5) is 7.24. The van der Waals surface area contributed by atoms with Crippen LogP contribution in [0.2, 0.25) is 0 Å². The van der Waals surface area contributed by atoms with Crippen LogP contribution < -0.4 is 4.90 Å². The molecule has 9 aromatic rings. The molecular formula is C45H30N2O. The lowest BCUT2D eigenvalue weighted by Gasteiger charge is -2.26. The zero-order valence-electron chi connectivity index (χ0n) is 26.1. The molecule has 1 heterocycles. The number of benzene rings is 8. The first-order valence-electron chi connectivity index (χ1n) is 16.2. The molecule has 0 aliphatic heterocycles. The molecule has 3 heteroatoms. The van der Waals surface area contributed by atoms with E-state index in [1.807, 2.05) is 42.5 Å². The lowest BCUT2D eigenvalue weighted by atomic mass is 10.0. The number of fused-ring (bicyclic) bond motifs is 3. The van der Waals surface area contributed by atoms with Crippen molar-refractivity contribution in [1.82, 2.24) is 4.98 Å². The Morgan fingerprint density at radius 1 is 0.375 bits per heavy atom. The molecule has 0 fully saturated rings. The first-order chi connectivity index (χ1) is 23.8. The number of para-hydroxylation sites is 1. The number of hydrogen-bond donors (Lipinski definition) is 0. The largest absolute Gasteiger partial charge is 0.436 e. The smallest absolute Gasteiger partial charge is 0.227 e. The third-order valence-electron chi connectivity index (χ3n) is 9.08. The van der Waals surface area contributed by atoms with E-state index in [-0.39, 0.29) is 0 Å². The van der Waals surface area contributed by atoms with Gasteiger partial charge in [-0.25, -0.2) is 4.98 Å². The maximum Gasteiger partial charge on any atom is 0.227 e. The molecule has 0 unspecified atom stereocenters. The van der Waals surface area contributed by atoms with Gasteiger partial charge in [0.25, 0.3) is 0 Å². The average molecular weight is 615 g/mol. The molecule has 8 aromatic carbocycles. The van der Waals surface area contributed by atoms with E-state index in [1.54, 1.807) is 0 Å². The van der Waals surface area contributed by atoms with Gasteiger partial charge >= 0.3 is 0 Å². The molecule has 226 valence electrons. The lowest BCUT2D eigenvalue weighted by molar-refractivity contribution is 0.620. The third kappa shape index (κ3) is 5.08. The van der Waals surface area contributed by atoms with Crippen molar-refractivity contribution in [3.63, 3.8) is 0 Å². The molecule has 48 heavy (non-hydrogen) atoms. The first-order valence-corrected chi connectivity index (χ1v) is 16.2. The Morgan fingerprint density at radius 3 is 1.65 bits per heavy atom. The summed E-state index contributed by atoms with van der Waals surface area (Å²) in [5.74, 6) is 0.629. The van der Waals surface area contributed by atoms with Crippen molar-refractivity contribution >= 4 is 49.7 Å². The zero-order chi connectivity index (χ0) is 31.9. The topological polar surface area (TPSA) is 29.3 Å². The highest BCUT2D eigenvalue weighted by atomic mass is 16.3. The van der Waals surface area contributed by atoms with E-state index in [2.05, 4.69) is 144 Å². The second kappa shape index (κ2) is 11.7. The van der Waals surface area contributed by atoms with E-state index in [9.17, 15) is 0 Å². The summed E-state index contributed by atoms with van der Waals surface area (Å²) in [5, 5.41) is 4.92. The molecular weight excluding hydrogens is 585 g/mol. The van der Waals surface area contributed by atoms with Gasteiger partial charge in [-0.2, -0.15) is 0 Å². The van der Waals surface area contributed by atoms with Crippen LogP contribution in [0.1, 0.15) is 0 Å². The fourth-order valence-electron chi connectivity index (χ4n) is 6.61. The van der Waals surface area contributed by atoms with Crippen molar-refractivity contribution < 1.29 is 4.42 Å². The van der Waals surface area contributed by atoms with Crippen LogP contribution in [0.4, 0.5) is 17.1 Å². The fourth-order valence-corrected chi connectivity index (χ4v) is 6.61. The maximum absolute atomic E-state index is 6.17. The van der Waals surface area contributed by atoms with E-state index >= 15 is 0 Å². The van der Waals surface area contributed by atoms with Crippen LogP contribution in [-0.2, 0) is 0 Å². The van der Waals surface area contributed by atoms with Crippen LogP contribution in [0.5, 0.6) is 0 Å². The van der Waals surface area contributed by atoms with E-state index in [0.29, 0.717) is 5.89 Å². The average Bonchev–Trinajstić information content (AvgIpc) is 3.61. The van der Waals surface area contributed by atoms with Crippen LogP contribution in [0.25, 0.3) is 66.4 Å². The van der Waals surface area contributed by atoms with Crippen molar-refractivity contribution in [2.75, 3.05) is 4.90 Å². The van der Waals surface area contributed by atoms with Crippen LogP contribution in [0.15, 0.2) is 186 Å². The number of anilines is 3. The van der Waals surface area contributed by atoms with Crippen molar-refractivity contribution in [1.29, 1.82) is 0 Å². The summed E-state index contributed by atoms with van der Waals surface area (Å²) >= 11 is 0. The highest BCUT2D eigenvalue weighted by Gasteiger charge is 2.16. The van der Waals surface area contributed by atoms with Gasteiger partial charge in [-0.3, -0.25) is 0 Å². The Kier molecular flexibility index (Phi) is 6.80. The number of rotatable bonds is 6. The quantitative estimate of drug-likeness (QED) is 0.187. The molecule has 0 radical (unpaired) electrons. The van der Waals surface area contributed by atoms with Gasteiger partial charge < -0.3 is 9.32 Å². The minimum Gasteiger partial charge on any atom is -0.436 e. The number of aromatic nitrogens is 1. The Hall–Kier alpha value is -6.45. The molecule has 0 bridgehead atoms. The van der Waals surface area contributed by atoms with Crippen LogP contribution in [0.3, 0.4) is 0 Å². The number of hydrogen-bond acceptors (Lipinski definition) is 3. The Labute approximate surface area is 279 Å². The zero-order valence-corrected chi connectivity index (χ0v) is 26.1. The van der Waals surface area contributed by atoms with E-state index in [0.717, 1.165) is 44.9 Å². The molecule has 0 aliphatic rings. The molecule has 0 N–H and O–H groups in total.